The van der Waals surface area contributed by atoms with Crippen molar-refractivity contribution in [3.8, 4) is 5.75 Å². The van der Waals surface area contributed by atoms with E-state index in [0.717, 1.165) is 30.2 Å². The van der Waals surface area contributed by atoms with E-state index >= 15 is 0 Å². The summed E-state index contributed by atoms with van der Waals surface area (Å²) in [7, 11) is 1.93. The van der Waals surface area contributed by atoms with E-state index in [0.29, 0.717) is 6.61 Å². The number of nitrogens with one attached hydrogen (secondary N) is 1. The number of ether oxygens (including phenoxy) is 1. The molecule has 4 rings (SSSR count). The smallest absolute Gasteiger partial charge is 0.142 e. The van der Waals surface area contributed by atoms with E-state index in [1.807, 2.05) is 25.2 Å². The predicted octanol–water partition coefficient (Wildman–Crippen LogP) is 2.53. The standard InChI is InChI=1S/C16H17N3O/c1-17-15-11-6-4-7-13(11)18-16(19-15)12-9-20-14-8-3-2-5-10(12)14/h2-3,5,8,12H,4,6-7,9H2,1H3,(H,17,18,19). The molecule has 1 unspecified atom stereocenters. The van der Waals surface area contributed by atoms with Crippen molar-refractivity contribution in [1.29, 1.82) is 0 Å². The van der Waals surface area contributed by atoms with Crippen molar-refractivity contribution in [3.63, 3.8) is 0 Å². The molecule has 0 amide bonds. The highest BCUT2D eigenvalue weighted by Gasteiger charge is 2.29. The van der Waals surface area contributed by atoms with Crippen LogP contribution in [0.25, 0.3) is 0 Å². The van der Waals surface area contributed by atoms with Crippen LogP contribution in [0.5, 0.6) is 5.75 Å². The number of para-hydroxylation sites is 1. The zero-order valence-electron chi connectivity index (χ0n) is 11.5. The number of hydrogen-bond donors (Lipinski definition) is 1. The Labute approximate surface area is 118 Å². The molecular weight excluding hydrogens is 250 g/mol. The first-order chi connectivity index (χ1) is 9.86. The first kappa shape index (κ1) is 11.7. The van der Waals surface area contributed by atoms with Crippen molar-refractivity contribution >= 4 is 5.82 Å². The molecule has 1 aliphatic heterocycles. The number of rotatable bonds is 2. The minimum absolute atomic E-state index is 0.157. The number of anilines is 1. The Balaban J connectivity index is 1.81. The molecule has 0 bridgehead atoms. The Morgan fingerprint density at radius 3 is 3.00 bits per heavy atom. The molecule has 0 radical (unpaired) electrons. The zero-order valence-corrected chi connectivity index (χ0v) is 11.5. The number of aromatic nitrogens is 2. The van der Waals surface area contributed by atoms with Crippen LogP contribution in [0, 0.1) is 0 Å². The maximum atomic E-state index is 5.76. The molecule has 1 N–H and O–H groups in total. The van der Waals surface area contributed by atoms with Gasteiger partial charge in [-0.1, -0.05) is 18.2 Å². The van der Waals surface area contributed by atoms with Crippen LogP contribution in [-0.4, -0.2) is 23.6 Å². The Hall–Kier alpha value is -2.10. The topological polar surface area (TPSA) is 47.0 Å². The zero-order chi connectivity index (χ0) is 13.5. The van der Waals surface area contributed by atoms with Crippen molar-refractivity contribution in [2.24, 2.45) is 0 Å². The molecule has 4 heteroatoms. The summed E-state index contributed by atoms with van der Waals surface area (Å²) in [5.41, 5.74) is 3.71. The van der Waals surface area contributed by atoms with Crippen LogP contribution in [0.3, 0.4) is 0 Å². The first-order valence-electron chi connectivity index (χ1n) is 7.16. The van der Waals surface area contributed by atoms with Gasteiger partial charge in [-0.2, -0.15) is 0 Å². The van der Waals surface area contributed by atoms with E-state index in [9.17, 15) is 0 Å². The molecule has 1 aromatic carbocycles. The second-order valence-corrected chi connectivity index (χ2v) is 5.36. The third kappa shape index (κ3) is 1.68. The summed E-state index contributed by atoms with van der Waals surface area (Å²) in [5, 5.41) is 3.22. The maximum absolute atomic E-state index is 5.76. The largest absolute Gasteiger partial charge is 0.492 e. The summed E-state index contributed by atoms with van der Waals surface area (Å²) in [4.78, 5) is 9.55. The lowest BCUT2D eigenvalue weighted by atomic mass is 10.0. The molecule has 0 fully saturated rings. The van der Waals surface area contributed by atoms with E-state index in [1.54, 1.807) is 0 Å². The molecule has 0 spiro atoms. The third-order valence-electron chi connectivity index (χ3n) is 4.20. The lowest BCUT2D eigenvalue weighted by Crippen LogP contribution is -2.12. The van der Waals surface area contributed by atoms with Crippen LogP contribution in [0.1, 0.15) is 35.0 Å². The van der Waals surface area contributed by atoms with Gasteiger partial charge in [-0.25, -0.2) is 9.97 Å². The summed E-state index contributed by atoms with van der Waals surface area (Å²) in [6.07, 6.45) is 3.33. The van der Waals surface area contributed by atoms with Gasteiger partial charge in [0.15, 0.2) is 0 Å². The number of fused-ring (bicyclic) bond motifs is 2. The monoisotopic (exact) mass is 267 g/mol. The van der Waals surface area contributed by atoms with E-state index in [2.05, 4.69) is 11.4 Å². The molecule has 0 saturated heterocycles. The molecule has 102 valence electrons. The van der Waals surface area contributed by atoms with Crippen molar-refractivity contribution in [2.45, 2.75) is 25.2 Å². The Kier molecular flexibility index (Phi) is 2.62. The lowest BCUT2D eigenvalue weighted by Gasteiger charge is -2.13. The SMILES string of the molecule is CNc1nc(C2COc3ccccc32)nc2c1CCC2. The van der Waals surface area contributed by atoms with E-state index < -0.39 is 0 Å². The minimum atomic E-state index is 0.157. The van der Waals surface area contributed by atoms with Gasteiger partial charge in [-0.3, -0.25) is 0 Å². The maximum Gasteiger partial charge on any atom is 0.142 e. The molecule has 1 aromatic heterocycles. The summed E-state index contributed by atoms with van der Waals surface area (Å²) in [5.74, 6) is 3.00. The van der Waals surface area contributed by atoms with E-state index in [-0.39, 0.29) is 5.92 Å². The van der Waals surface area contributed by atoms with Crippen LogP contribution >= 0.6 is 0 Å². The summed E-state index contributed by atoms with van der Waals surface area (Å²) < 4.78 is 5.76. The van der Waals surface area contributed by atoms with Crippen LogP contribution in [0.2, 0.25) is 0 Å². The first-order valence-corrected chi connectivity index (χ1v) is 7.16. The Morgan fingerprint density at radius 2 is 2.10 bits per heavy atom. The Morgan fingerprint density at radius 1 is 1.20 bits per heavy atom. The fourth-order valence-corrected chi connectivity index (χ4v) is 3.19. The van der Waals surface area contributed by atoms with Gasteiger partial charge in [-0.05, 0) is 25.3 Å². The molecule has 0 saturated carbocycles. The molecular formula is C16H17N3O. The highest BCUT2D eigenvalue weighted by molar-refractivity contribution is 5.50. The molecule has 2 aromatic rings. The van der Waals surface area contributed by atoms with Gasteiger partial charge in [0, 0.05) is 23.9 Å². The third-order valence-corrected chi connectivity index (χ3v) is 4.20. The summed E-state index contributed by atoms with van der Waals surface area (Å²) in [6.45, 7) is 0.640. The van der Waals surface area contributed by atoms with Gasteiger partial charge in [-0.15, -0.1) is 0 Å². The van der Waals surface area contributed by atoms with Crippen molar-refractivity contribution in [3.05, 3.63) is 46.9 Å². The second-order valence-electron chi connectivity index (χ2n) is 5.36. The van der Waals surface area contributed by atoms with Gasteiger partial charge < -0.3 is 10.1 Å². The van der Waals surface area contributed by atoms with Gasteiger partial charge in [0.25, 0.3) is 0 Å². The fraction of sp³-hybridized carbons (Fsp3) is 0.375. The summed E-state index contributed by atoms with van der Waals surface area (Å²) in [6, 6.07) is 8.18. The average molecular weight is 267 g/mol. The van der Waals surface area contributed by atoms with E-state index in [4.69, 9.17) is 14.7 Å². The highest BCUT2D eigenvalue weighted by atomic mass is 16.5. The number of nitrogens with zero attached hydrogens (tertiary/aromatic N) is 2. The van der Waals surface area contributed by atoms with Gasteiger partial charge in [0.2, 0.25) is 0 Å². The van der Waals surface area contributed by atoms with Crippen LogP contribution in [0.15, 0.2) is 24.3 Å². The van der Waals surface area contributed by atoms with Crippen LogP contribution in [-0.2, 0) is 12.8 Å². The second kappa shape index (κ2) is 4.47. The molecule has 4 nitrogen and oxygen atoms in total. The lowest BCUT2D eigenvalue weighted by molar-refractivity contribution is 0.339. The molecule has 1 aliphatic carbocycles. The summed E-state index contributed by atoms with van der Waals surface area (Å²) >= 11 is 0. The quantitative estimate of drug-likeness (QED) is 0.908. The number of aryl methyl sites for hydroxylation is 1. The van der Waals surface area contributed by atoms with Crippen molar-refractivity contribution in [2.75, 3.05) is 19.0 Å². The minimum Gasteiger partial charge on any atom is -0.492 e. The molecule has 20 heavy (non-hydrogen) atoms. The Bertz CT molecular complexity index is 669. The van der Waals surface area contributed by atoms with Crippen LogP contribution < -0.4 is 10.1 Å². The molecule has 2 heterocycles. The van der Waals surface area contributed by atoms with Gasteiger partial charge >= 0.3 is 0 Å². The van der Waals surface area contributed by atoms with E-state index in [1.165, 1.54) is 23.2 Å². The predicted molar refractivity (Wildman–Crippen MR) is 77.4 cm³/mol. The van der Waals surface area contributed by atoms with Crippen LogP contribution in [0.4, 0.5) is 5.82 Å². The number of benzene rings is 1. The van der Waals surface area contributed by atoms with Crippen molar-refractivity contribution < 1.29 is 4.74 Å². The van der Waals surface area contributed by atoms with Gasteiger partial charge in [0.1, 0.15) is 24.0 Å². The highest BCUT2D eigenvalue weighted by Crippen LogP contribution is 2.38. The molecule has 1 atom stereocenters. The average Bonchev–Trinajstić information content (AvgIpc) is 3.12. The van der Waals surface area contributed by atoms with Gasteiger partial charge in [0.05, 0.1) is 5.92 Å². The van der Waals surface area contributed by atoms with Crippen molar-refractivity contribution in [1.82, 2.24) is 9.97 Å². The molecule has 2 aliphatic rings. The fourth-order valence-electron chi connectivity index (χ4n) is 3.19. The number of hydrogen-bond acceptors (Lipinski definition) is 4. The normalized spacial score (nSPS) is 19.4.